The fourth-order valence-electron chi connectivity index (χ4n) is 4.00. The molecular weight excluding hydrogens is 721 g/mol. The number of hydrogen-bond acceptors (Lipinski definition) is 7. The standard InChI is InChI=1S/C20H22FN3O4.C15H14FN3O2.CH2Cl2/c1-12(25)22-15-8-5-13(6-9-15)18(26)23-16-10-7-14(21)11-17(16)24-19(27)28-20(2,3)4;1-9(20)18-12-5-2-10(3-6-12)15(21)19-14-7-4-11(16)8-13(14)17;2-1-3/h5-11H,1-4H3,(H,22,25)(H,23,26)(H,24,27);2-8H,17H2,1H3,(H,18,20)(H,19,21);1H2. The Hall–Kier alpha value is -5.73. The van der Waals surface area contributed by atoms with E-state index in [-0.39, 0.29) is 40.1 Å². The van der Waals surface area contributed by atoms with Gasteiger partial charge in [0, 0.05) is 36.3 Å². The van der Waals surface area contributed by atoms with Gasteiger partial charge in [0.15, 0.2) is 0 Å². The van der Waals surface area contributed by atoms with Gasteiger partial charge in [-0.1, -0.05) is 0 Å². The van der Waals surface area contributed by atoms with Crippen LogP contribution in [0.15, 0.2) is 84.9 Å². The van der Waals surface area contributed by atoms with E-state index in [0.29, 0.717) is 28.2 Å². The van der Waals surface area contributed by atoms with Gasteiger partial charge in [0.2, 0.25) is 11.8 Å². The number of hydrogen-bond donors (Lipinski definition) is 6. The Morgan fingerprint density at radius 2 is 1.02 bits per heavy atom. The molecule has 0 bridgehead atoms. The summed E-state index contributed by atoms with van der Waals surface area (Å²) in [5, 5.41) is 13.0. The van der Waals surface area contributed by atoms with Gasteiger partial charge in [-0.05, 0) is 106 Å². The van der Waals surface area contributed by atoms with E-state index < -0.39 is 29.2 Å². The Labute approximate surface area is 309 Å². The third-order valence-corrected chi connectivity index (χ3v) is 6.06. The molecule has 0 radical (unpaired) electrons. The van der Waals surface area contributed by atoms with E-state index in [1.807, 2.05) is 0 Å². The summed E-state index contributed by atoms with van der Waals surface area (Å²) < 4.78 is 31.7. The van der Waals surface area contributed by atoms with Crippen LogP contribution in [0.3, 0.4) is 0 Å². The molecule has 4 aromatic rings. The number of nitrogen functional groups attached to an aromatic ring is 1. The monoisotopic (exact) mass is 758 g/mol. The summed E-state index contributed by atoms with van der Waals surface area (Å²) in [5.41, 5.74) is 7.54. The molecule has 5 amide bonds. The van der Waals surface area contributed by atoms with Crippen LogP contribution in [0.25, 0.3) is 0 Å². The minimum absolute atomic E-state index is 0.0671. The van der Waals surface area contributed by atoms with Crippen molar-refractivity contribution in [3.8, 4) is 0 Å². The minimum Gasteiger partial charge on any atom is -0.444 e. The molecule has 16 heteroatoms. The van der Waals surface area contributed by atoms with Crippen molar-refractivity contribution in [3.63, 3.8) is 0 Å². The maximum absolute atomic E-state index is 13.6. The first-order chi connectivity index (χ1) is 24.4. The summed E-state index contributed by atoms with van der Waals surface area (Å²) in [4.78, 5) is 58.4. The van der Waals surface area contributed by atoms with E-state index in [1.165, 1.54) is 44.2 Å². The van der Waals surface area contributed by atoms with Crippen molar-refractivity contribution in [1.82, 2.24) is 0 Å². The molecule has 0 atom stereocenters. The lowest BCUT2D eigenvalue weighted by Crippen LogP contribution is -2.27. The van der Waals surface area contributed by atoms with Crippen molar-refractivity contribution >= 4 is 87.0 Å². The molecule has 0 spiro atoms. The first-order valence-electron chi connectivity index (χ1n) is 15.2. The van der Waals surface area contributed by atoms with E-state index in [2.05, 4.69) is 26.6 Å². The van der Waals surface area contributed by atoms with Gasteiger partial charge in [-0.25, -0.2) is 13.6 Å². The van der Waals surface area contributed by atoms with E-state index in [4.69, 9.17) is 33.7 Å². The zero-order chi connectivity index (χ0) is 39.0. The lowest BCUT2D eigenvalue weighted by atomic mass is 10.1. The van der Waals surface area contributed by atoms with E-state index >= 15 is 0 Å². The highest BCUT2D eigenvalue weighted by atomic mass is 35.5. The van der Waals surface area contributed by atoms with Crippen molar-refractivity contribution in [3.05, 3.63) is 108 Å². The maximum atomic E-state index is 13.6. The Balaban J connectivity index is 0.000000346. The van der Waals surface area contributed by atoms with Crippen LogP contribution in [-0.2, 0) is 14.3 Å². The number of carbonyl (C=O) groups is 5. The molecular formula is C36H38Cl2F2N6O6. The molecule has 0 aromatic heterocycles. The van der Waals surface area contributed by atoms with Crippen LogP contribution in [0.2, 0.25) is 0 Å². The smallest absolute Gasteiger partial charge is 0.412 e. The van der Waals surface area contributed by atoms with Crippen LogP contribution in [0.4, 0.5) is 47.7 Å². The second-order valence-corrected chi connectivity index (χ2v) is 12.4. The second kappa shape index (κ2) is 20.2. The molecule has 276 valence electrons. The van der Waals surface area contributed by atoms with Crippen molar-refractivity contribution in [1.29, 1.82) is 0 Å². The summed E-state index contributed by atoms with van der Waals surface area (Å²) >= 11 is 9.53. The first kappa shape index (κ1) is 42.4. The number of halogens is 4. The molecule has 0 aliphatic heterocycles. The molecule has 0 aliphatic rings. The van der Waals surface area contributed by atoms with Crippen molar-refractivity contribution in [2.75, 3.05) is 37.7 Å². The average molecular weight is 760 g/mol. The number of ether oxygens (including phenoxy) is 1. The van der Waals surface area contributed by atoms with Crippen molar-refractivity contribution < 1.29 is 37.5 Å². The number of anilines is 6. The average Bonchev–Trinajstić information content (AvgIpc) is 3.03. The van der Waals surface area contributed by atoms with Gasteiger partial charge in [0.05, 0.1) is 28.1 Å². The van der Waals surface area contributed by atoms with Crippen LogP contribution in [-0.4, -0.2) is 40.7 Å². The molecule has 12 nitrogen and oxygen atoms in total. The van der Waals surface area contributed by atoms with Gasteiger partial charge in [0.25, 0.3) is 11.8 Å². The van der Waals surface area contributed by atoms with Gasteiger partial charge in [0.1, 0.15) is 17.2 Å². The highest BCUT2D eigenvalue weighted by Crippen LogP contribution is 2.25. The largest absolute Gasteiger partial charge is 0.444 e. The molecule has 0 saturated heterocycles. The zero-order valence-electron chi connectivity index (χ0n) is 28.8. The number of benzene rings is 4. The van der Waals surface area contributed by atoms with Crippen LogP contribution in [0.1, 0.15) is 55.3 Å². The van der Waals surface area contributed by atoms with E-state index in [1.54, 1.807) is 57.2 Å². The Morgan fingerprint density at radius 1 is 0.615 bits per heavy atom. The summed E-state index contributed by atoms with van der Waals surface area (Å²) in [6.07, 6.45) is -0.770. The fraction of sp³-hybridized carbons (Fsp3) is 0.194. The summed E-state index contributed by atoms with van der Waals surface area (Å²) in [7, 11) is 0. The topological polar surface area (TPSA) is 181 Å². The van der Waals surface area contributed by atoms with Crippen molar-refractivity contribution in [2.45, 2.75) is 40.2 Å². The minimum atomic E-state index is -0.770. The third-order valence-electron chi connectivity index (χ3n) is 6.06. The fourth-order valence-corrected chi connectivity index (χ4v) is 4.00. The van der Waals surface area contributed by atoms with Crippen LogP contribution < -0.4 is 32.3 Å². The zero-order valence-corrected chi connectivity index (χ0v) is 30.3. The van der Waals surface area contributed by atoms with Crippen molar-refractivity contribution in [2.24, 2.45) is 0 Å². The molecule has 7 N–H and O–H groups in total. The Kier molecular flexibility index (Phi) is 16.5. The lowest BCUT2D eigenvalue weighted by molar-refractivity contribution is -0.115. The van der Waals surface area contributed by atoms with Crippen LogP contribution in [0.5, 0.6) is 0 Å². The molecule has 0 fully saturated rings. The SMILES string of the molecule is CC(=O)Nc1ccc(C(=O)Nc2ccc(F)cc2N)cc1.CC(=O)Nc1ccc(C(=O)Nc2ccc(F)cc2NC(=O)OC(C)(C)C)cc1.ClCCl. The van der Waals surface area contributed by atoms with E-state index in [9.17, 15) is 32.8 Å². The molecule has 4 rings (SSSR count). The van der Waals surface area contributed by atoms with Gasteiger partial charge >= 0.3 is 6.09 Å². The molecule has 0 aliphatic carbocycles. The van der Waals surface area contributed by atoms with Crippen LogP contribution in [0, 0.1) is 11.6 Å². The van der Waals surface area contributed by atoms with Crippen LogP contribution >= 0.6 is 23.2 Å². The number of carbonyl (C=O) groups excluding carboxylic acids is 5. The number of amides is 5. The first-order valence-corrected chi connectivity index (χ1v) is 16.3. The molecule has 0 unspecified atom stereocenters. The Morgan fingerprint density at radius 3 is 1.42 bits per heavy atom. The highest BCUT2D eigenvalue weighted by molar-refractivity contribution is 6.40. The maximum Gasteiger partial charge on any atom is 0.412 e. The van der Waals surface area contributed by atoms with Gasteiger partial charge in [-0.15, -0.1) is 23.2 Å². The Bertz CT molecular complexity index is 1870. The lowest BCUT2D eigenvalue weighted by Gasteiger charge is -2.20. The predicted molar refractivity (Wildman–Crippen MR) is 201 cm³/mol. The quantitative estimate of drug-likeness (QED) is 0.0808. The third kappa shape index (κ3) is 15.4. The normalized spacial score (nSPS) is 10.2. The van der Waals surface area contributed by atoms with E-state index in [0.717, 1.165) is 18.2 Å². The van der Waals surface area contributed by atoms with Gasteiger partial charge < -0.3 is 31.7 Å². The molecule has 4 aromatic carbocycles. The predicted octanol–water partition coefficient (Wildman–Crippen LogP) is 8.42. The summed E-state index contributed by atoms with van der Waals surface area (Å²) in [6, 6.07) is 19.9. The van der Waals surface area contributed by atoms with Gasteiger partial charge in [-0.3, -0.25) is 24.5 Å². The number of alkyl halides is 2. The van der Waals surface area contributed by atoms with Gasteiger partial charge in [-0.2, -0.15) is 0 Å². The number of rotatable bonds is 7. The molecule has 52 heavy (non-hydrogen) atoms. The molecule has 0 heterocycles. The number of nitrogens with two attached hydrogens (primary N) is 1. The summed E-state index contributed by atoms with van der Waals surface area (Å²) in [6.45, 7) is 7.88. The highest BCUT2D eigenvalue weighted by Gasteiger charge is 2.18. The number of nitrogens with one attached hydrogen (secondary N) is 5. The second-order valence-electron chi connectivity index (χ2n) is 11.6. The summed E-state index contributed by atoms with van der Waals surface area (Å²) in [5.74, 6) is -2.29. The molecule has 0 saturated carbocycles.